The quantitative estimate of drug-likeness (QED) is 0.635. The van der Waals surface area contributed by atoms with Gasteiger partial charge >= 0.3 is 0 Å². The largest absolute Gasteiger partial charge is 0.395 e. The Hall–Kier alpha value is -1.46. The molecule has 0 atom stereocenters. The molecule has 6 nitrogen and oxygen atoms in total. The maximum absolute atomic E-state index is 11.7. The minimum atomic E-state index is -3.66. The van der Waals surface area contributed by atoms with Crippen LogP contribution >= 0.6 is 0 Å². The highest BCUT2D eigenvalue weighted by Gasteiger charge is 2.17. The molecule has 0 spiro atoms. The van der Waals surface area contributed by atoms with Crippen LogP contribution in [0.4, 0.5) is 0 Å². The second-order valence-corrected chi connectivity index (χ2v) is 5.51. The molecule has 0 saturated heterocycles. The van der Waals surface area contributed by atoms with Crippen LogP contribution in [0.2, 0.25) is 0 Å². The molecule has 0 bridgehead atoms. The molecular formula is C11H14N2O4S. The fourth-order valence-corrected chi connectivity index (χ4v) is 2.74. The van der Waals surface area contributed by atoms with Crippen molar-refractivity contribution in [2.75, 3.05) is 13.2 Å². The standard InChI is InChI=1S/C11H14N2O4S/c12-5-9-2-1-3-10(4-9)8-18(16,17)13-11(6-14)7-15/h1-4,11,13-15H,6-8H2. The van der Waals surface area contributed by atoms with Crippen LogP contribution in [-0.2, 0) is 15.8 Å². The number of benzene rings is 1. The summed E-state index contributed by atoms with van der Waals surface area (Å²) < 4.78 is 25.6. The summed E-state index contributed by atoms with van der Waals surface area (Å²) in [6.07, 6.45) is 0. The highest BCUT2D eigenvalue weighted by atomic mass is 32.2. The fraction of sp³-hybridized carbons (Fsp3) is 0.364. The van der Waals surface area contributed by atoms with E-state index >= 15 is 0 Å². The number of nitriles is 1. The Bertz CT molecular complexity index is 532. The summed E-state index contributed by atoms with van der Waals surface area (Å²) in [6.45, 7) is -0.956. The van der Waals surface area contributed by atoms with Gasteiger partial charge in [-0.1, -0.05) is 12.1 Å². The van der Waals surface area contributed by atoms with E-state index in [4.69, 9.17) is 15.5 Å². The van der Waals surface area contributed by atoms with Gasteiger partial charge < -0.3 is 10.2 Å². The molecule has 0 fully saturated rings. The highest BCUT2D eigenvalue weighted by molar-refractivity contribution is 7.88. The molecule has 7 heteroatoms. The van der Waals surface area contributed by atoms with E-state index in [2.05, 4.69) is 4.72 Å². The van der Waals surface area contributed by atoms with E-state index in [1.807, 2.05) is 6.07 Å². The maximum atomic E-state index is 11.7. The second-order valence-electron chi connectivity index (χ2n) is 3.75. The van der Waals surface area contributed by atoms with Gasteiger partial charge in [0.15, 0.2) is 0 Å². The summed E-state index contributed by atoms with van der Waals surface area (Å²) in [7, 11) is -3.66. The number of hydrogen-bond acceptors (Lipinski definition) is 5. The maximum Gasteiger partial charge on any atom is 0.216 e. The van der Waals surface area contributed by atoms with E-state index in [0.717, 1.165) is 0 Å². The molecule has 18 heavy (non-hydrogen) atoms. The van der Waals surface area contributed by atoms with Crippen molar-refractivity contribution in [2.24, 2.45) is 0 Å². The topological polar surface area (TPSA) is 110 Å². The Kier molecular flexibility index (Phi) is 5.25. The van der Waals surface area contributed by atoms with Gasteiger partial charge in [0.25, 0.3) is 0 Å². The molecule has 0 radical (unpaired) electrons. The summed E-state index contributed by atoms with van der Waals surface area (Å²) in [6, 6.07) is 7.25. The highest BCUT2D eigenvalue weighted by Crippen LogP contribution is 2.08. The number of hydrogen-bond donors (Lipinski definition) is 3. The zero-order chi connectivity index (χ0) is 13.6. The van der Waals surface area contributed by atoms with Crippen molar-refractivity contribution in [1.29, 1.82) is 5.26 Å². The van der Waals surface area contributed by atoms with Gasteiger partial charge in [-0.25, -0.2) is 13.1 Å². The van der Waals surface area contributed by atoms with Crippen LogP contribution in [-0.4, -0.2) is 37.9 Å². The van der Waals surface area contributed by atoms with Gasteiger partial charge in [-0.15, -0.1) is 0 Å². The number of aliphatic hydroxyl groups excluding tert-OH is 2. The average molecular weight is 270 g/mol. The lowest BCUT2D eigenvalue weighted by Crippen LogP contribution is -2.40. The van der Waals surface area contributed by atoms with Gasteiger partial charge in [-0.2, -0.15) is 5.26 Å². The van der Waals surface area contributed by atoms with Crippen LogP contribution in [0.25, 0.3) is 0 Å². The van der Waals surface area contributed by atoms with Gasteiger partial charge in [-0.05, 0) is 17.7 Å². The van der Waals surface area contributed by atoms with E-state index in [0.29, 0.717) is 11.1 Å². The molecule has 0 aliphatic heterocycles. The minimum absolute atomic E-state index is 0.307. The van der Waals surface area contributed by atoms with E-state index in [9.17, 15) is 8.42 Å². The monoisotopic (exact) mass is 270 g/mol. The summed E-state index contributed by atoms with van der Waals surface area (Å²) in [5.41, 5.74) is 0.847. The third-order valence-corrected chi connectivity index (χ3v) is 3.61. The first-order chi connectivity index (χ1) is 8.50. The molecule has 0 unspecified atom stereocenters. The van der Waals surface area contributed by atoms with Gasteiger partial charge in [0.2, 0.25) is 10.0 Å². The minimum Gasteiger partial charge on any atom is -0.395 e. The molecule has 0 aliphatic carbocycles. The fourth-order valence-electron chi connectivity index (χ4n) is 1.38. The predicted molar refractivity (Wildman–Crippen MR) is 64.9 cm³/mol. The van der Waals surface area contributed by atoms with Crippen molar-refractivity contribution in [3.05, 3.63) is 35.4 Å². The first-order valence-corrected chi connectivity index (χ1v) is 6.86. The molecule has 0 aromatic heterocycles. The lowest BCUT2D eigenvalue weighted by atomic mass is 10.2. The lowest BCUT2D eigenvalue weighted by Gasteiger charge is -2.13. The predicted octanol–water partition coefficient (Wildman–Crippen LogP) is -0.669. The molecule has 98 valence electrons. The first kappa shape index (κ1) is 14.6. The van der Waals surface area contributed by atoms with Crippen LogP contribution in [0.15, 0.2) is 24.3 Å². The van der Waals surface area contributed by atoms with Crippen LogP contribution in [0.3, 0.4) is 0 Å². The van der Waals surface area contributed by atoms with Crippen molar-refractivity contribution in [3.63, 3.8) is 0 Å². The number of aliphatic hydroxyl groups is 2. The second kappa shape index (κ2) is 6.47. The third kappa shape index (κ3) is 4.43. The molecule has 1 aromatic rings. The molecule has 0 saturated carbocycles. The number of rotatable bonds is 6. The average Bonchev–Trinajstić information content (AvgIpc) is 2.35. The van der Waals surface area contributed by atoms with E-state index in [1.165, 1.54) is 6.07 Å². The number of nitrogens with zero attached hydrogens (tertiary/aromatic N) is 1. The van der Waals surface area contributed by atoms with Crippen molar-refractivity contribution in [1.82, 2.24) is 4.72 Å². The van der Waals surface area contributed by atoms with Gasteiger partial charge in [0, 0.05) is 0 Å². The SMILES string of the molecule is N#Cc1cccc(CS(=O)(=O)NC(CO)CO)c1. The van der Waals surface area contributed by atoms with Crippen LogP contribution in [0, 0.1) is 11.3 Å². The van der Waals surface area contributed by atoms with Crippen molar-refractivity contribution >= 4 is 10.0 Å². The van der Waals surface area contributed by atoms with Crippen LogP contribution < -0.4 is 4.72 Å². The summed E-state index contributed by atoms with van der Waals surface area (Å²) in [5.74, 6) is -0.307. The first-order valence-electron chi connectivity index (χ1n) is 5.21. The summed E-state index contributed by atoms with van der Waals surface area (Å²) >= 11 is 0. The Balaban J connectivity index is 2.79. The van der Waals surface area contributed by atoms with Crippen molar-refractivity contribution < 1.29 is 18.6 Å². The van der Waals surface area contributed by atoms with E-state index < -0.39 is 29.3 Å². The zero-order valence-electron chi connectivity index (χ0n) is 9.57. The number of sulfonamides is 1. The molecule has 1 aromatic carbocycles. The Morgan fingerprint density at radius 3 is 2.56 bits per heavy atom. The van der Waals surface area contributed by atoms with E-state index in [1.54, 1.807) is 18.2 Å². The Morgan fingerprint density at radius 2 is 2.00 bits per heavy atom. The molecule has 1 rings (SSSR count). The summed E-state index contributed by atoms with van der Waals surface area (Å²) in [5, 5.41) is 26.3. The number of nitrogens with one attached hydrogen (secondary N) is 1. The molecule has 0 heterocycles. The molecule has 0 aliphatic rings. The Morgan fingerprint density at radius 1 is 1.33 bits per heavy atom. The normalized spacial score (nSPS) is 11.4. The molecular weight excluding hydrogens is 256 g/mol. The van der Waals surface area contributed by atoms with Gasteiger partial charge in [0.05, 0.1) is 36.6 Å². The Labute approximate surface area is 106 Å². The molecule has 0 amide bonds. The van der Waals surface area contributed by atoms with Crippen LogP contribution in [0.5, 0.6) is 0 Å². The third-order valence-electron chi connectivity index (χ3n) is 2.20. The van der Waals surface area contributed by atoms with Crippen molar-refractivity contribution in [3.8, 4) is 6.07 Å². The summed E-state index contributed by atoms with van der Waals surface area (Å²) in [4.78, 5) is 0. The lowest BCUT2D eigenvalue weighted by molar-refractivity contribution is 0.185. The van der Waals surface area contributed by atoms with Crippen LogP contribution in [0.1, 0.15) is 11.1 Å². The van der Waals surface area contributed by atoms with Gasteiger partial charge in [-0.3, -0.25) is 0 Å². The van der Waals surface area contributed by atoms with Crippen molar-refractivity contribution in [2.45, 2.75) is 11.8 Å². The molecule has 3 N–H and O–H groups in total. The van der Waals surface area contributed by atoms with Gasteiger partial charge in [0.1, 0.15) is 0 Å². The zero-order valence-corrected chi connectivity index (χ0v) is 10.4. The van der Waals surface area contributed by atoms with E-state index in [-0.39, 0.29) is 5.75 Å². The smallest absolute Gasteiger partial charge is 0.216 e.